The van der Waals surface area contributed by atoms with E-state index in [-0.39, 0.29) is 5.91 Å². The zero-order chi connectivity index (χ0) is 13.7. The molecule has 1 aliphatic carbocycles. The molecule has 104 valence electrons. The van der Waals surface area contributed by atoms with Crippen molar-refractivity contribution >= 4 is 17.7 Å². The molecule has 0 bridgehead atoms. The van der Waals surface area contributed by atoms with Crippen molar-refractivity contribution in [2.45, 2.75) is 36.9 Å². The number of carbonyl (C=O) groups is 1. The van der Waals surface area contributed by atoms with Gasteiger partial charge in [-0.05, 0) is 37.8 Å². The maximum atomic E-state index is 11.9. The third-order valence-electron chi connectivity index (χ3n) is 3.38. The molecule has 0 aromatic carbocycles. The number of aromatic nitrogens is 2. The number of thioether (sulfide) groups is 1. The van der Waals surface area contributed by atoms with E-state index >= 15 is 0 Å². The highest BCUT2D eigenvalue weighted by Crippen LogP contribution is 2.42. The van der Waals surface area contributed by atoms with Crippen LogP contribution in [0.15, 0.2) is 23.6 Å². The number of hydrogen-bond acceptors (Lipinski definition) is 5. The summed E-state index contributed by atoms with van der Waals surface area (Å²) >= 11 is 1.49. The Morgan fingerprint density at radius 3 is 2.74 bits per heavy atom. The average Bonchev–Trinajstić information content (AvgIpc) is 3.25. The highest BCUT2D eigenvalue weighted by Gasteiger charge is 2.49. The molecule has 1 fully saturated rings. The predicted molar refractivity (Wildman–Crippen MR) is 75.7 cm³/mol. The summed E-state index contributed by atoms with van der Waals surface area (Å²) in [6.07, 6.45) is 6.52. The molecule has 1 unspecified atom stereocenters. The molecule has 1 saturated carbocycles. The van der Waals surface area contributed by atoms with Crippen LogP contribution in [0.4, 0.5) is 0 Å². The van der Waals surface area contributed by atoms with Crippen molar-refractivity contribution in [3.8, 4) is 0 Å². The first kappa shape index (κ1) is 14.3. The number of carbonyl (C=O) groups excluding carboxylic acids is 1. The summed E-state index contributed by atoms with van der Waals surface area (Å²) < 4.78 is 0. The Hall–Kier alpha value is -1.14. The van der Waals surface area contributed by atoms with E-state index in [1.165, 1.54) is 11.8 Å². The SMILES string of the molecule is CCCNC(CSc1ncccn1)(C(N)=O)C1CC1. The molecule has 1 amide bonds. The molecule has 5 nitrogen and oxygen atoms in total. The first-order valence-corrected chi connectivity index (χ1v) is 7.62. The van der Waals surface area contributed by atoms with Crippen molar-refractivity contribution in [2.24, 2.45) is 11.7 Å². The minimum Gasteiger partial charge on any atom is -0.368 e. The lowest BCUT2D eigenvalue weighted by Gasteiger charge is -2.31. The Morgan fingerprint density at radius 2 is 2.21 bits per heavy atom. The van der Waals surface area contributed by atoms with Crippen molar-refractivity contribution in [1.82, 2.24) is 15.3 Å². The van der Waals surface area contributed by atoms with E-state index in [9.17, 15) is 4.79 Å². The second-order valence-corrected chi connectivity index (χ2v) is 5.80. The Kier molecular flexibility index (Phi) is 4.76. The van der Waals surface area contributed by atoms with E-state index in [0.717, 1.165) is 25.8 Å². The topological polar surface area (TPSA) is 80.9 Å². The van der Waals surface area contributed by atoms with Gasteiger partial charge in [-0.3, -0.25) is 4.79 Å². The van der Waals surface area contributed by atoms with E-state index in [1.807, 2.05) is 0 Å². The molecule has 1 aliphatic rings. The van der Waals surface area contributed by atoms with Crippen molar-refractivity contribution in [1.29, 1.82) is 0 Å². The summed E-state index contributed by atoms with van der Waals surface area (Å²) in [6.45, 7) is 2.88. The second-order valence-electron chi connectivity index (χ2n) is 4.86. The summed E-state index contributed by atoms with van der Waals surface area (Å²) in [7, 11) is 0. The van der Waals surface area contributed by atoms with Gasteiger partial charge in [0, 0.05) is 18.1 Å². The van der Waals surface area contributed by atoms with E-state index in [1.54, 1.807) is 18.5 Å². The molecular weight excluding hydrogens is 260 g/mol. The summed E-state index contributed by atoms with van der Waals surface area (Å²) in [4.78, 5) is 20.3. The predicted octanol–water partition coefficient (Wildman–Crippen LogP) is 1.20. The largest absolute Gasteiger partial charge is 0.368 e. The van der Waals surface area contributed by atoms with Crippen LogP contribution in [0.5, 0.6) is 0 Å². The Morgan fingerprint density at radius 1 is 1.53 bits per heavy atom. The van der Waals surface area contributed by atoms with Crippen LogP contribution in [0.2, 0.25) is 0 Å². The van der Waals surface area contributed by atoms with Gasteiger partial charge in [-0.25, -0.2) is 9.97 Å². The lowest BCUT2D eigenvalue weighted by molar-refractivity contribution is -0.124. The van der Waals surface area contributed by atoms with Gasteiger partial charge in [0.1, 0.15) is 5.54 Å². The molecule has 0 spiro atoms. The van der Waals surface area contributed by atoms with Crippen molar-refractivity contribution in [3.05, 3.63) is 18.5 Å². The van der Waals surface area contributed by atoms with Crippen LogP contribution in [-0.2, 0) is 4.79 Å². The van der Waals surface area contributed by atoms with Crippen LogP contribution in [-0.4, -0.2) is 33.7 Å². The molecule has 3 N–H and O–H groups in total. The zero-order valence-electron chi connectivity index (χ0n) is 11.1. The molecule has 0 saturated heterocycles. The number of nitrogens with zero attached hydrogens (tertiary/aromatic N) is 2. The molecule has 6 heteroatoms. The molecular formula is C13H20N4OS. The third-order valence-corrected chi connectivity index (χ3v) is 4.44. The number of hydrogen-bond donors (Lipinski definition) is 2. The average molecular weight is 280 g/mol. The minimum absolute atomic E-state index is 0.258. The molecule has 0 radical (unpaired) electrons. The first-order chi connectivity index (χ1) is 9.19. The van der Waals surface area contributed by atoms with Crippen LogP contribution in [0.3, 0.4) is 0 Å². The maximum Gasteiger partial charge on any atom is 0.238 e. The number of rotatable bonds is 8. The Balaban J connectivity index is 2.06. The normalized spacial score (nSPS) is 17.9. The second kappa shape index (κ2) is 6.34. The quantitative estimate of drug-likeness (QED) is 0.552. The fourth-order valence-electron chi connectivity index (χ4n) is 2.14. The van der Waals surface area contributed by atoms with Crippen LogP contribution >= 0.6 is 11.8 Å². The molecule has 2 rings (SSSR count). The fraction of sp³-hybridized carbons (Fsp3) is 0.615. The summed E-state index contributed by atoms with van der Waals surface area (Å²) in [5.74, 6) is 0.691. The van der Waals surface area contributed by atoms with Crippen LogP contribution in [0, 0.1) is 5.92 Å². The number of primary amides is 1. The van der Waals surface area contributed by atoms with Gasteiger partial charge in [-0.1, -0.05) is 18.7 Å². The number of nitrogens with one attached hydrogen (secondary N) is 1. The molecule has 0 aliphatic heterocycles. The molecule has 19 heavy (non-hydrogen) atoms. The van der Waals surface area contributed by atoms with Crippen molar-refractivity contribution in [2.75, 3.05) is 12.3 Å². The maximum absolute atomic E-state index is 11.9. The van der Waals surface area contributed by atoms with Gasteiger partial charge in [-0.15, -0.1) is 0 Å². The lowest BCUT2D eigenvalue weighted by Crippen LogP contribution is -2.59. The van der Waals surface area contributed by atoms with Gasteiger partial charge in [0.2, 0.25) is 5.91 Å². The number of nitrogens with two attached hydrogens (primary N) is 1. The standard InChI is InChI=1S/C13H20N4OS/c1-2-6-17-13(11(14)18,10-4-5-10)9-19-12-15-7-3-8-16-12/h3,7-8,10,17H,2,4-6,9H2,1H3,(H2,14,18). The van der Waals surface area contributed by atoms with Crippen molar-refractivity contribution in [3.63, 3.8) is 0 Å². The fourth-order valence-corrected chi connectivity index (χ4v) is 3.24. The molecule has 1 heterocycles. The molecule has 1 aromatic rings. The first-order valence-electron chi connectivity index (χ1n) is 6.64. The Labute approximate surface area is 117 Å². The lowest BCUT2D eigenvalue weighted by atomic mass is 9.94. The van der Waals surface area contributed by atoms with Gasteiger partial charge in [0.25, 0.3) is 0 Å². The third kappa shape index (κ3) is 3.45. The van der Waals surface area contributed by atoms with Crippen LogP contribution in [0.25, 0.3) is 0 Å². The zero-order valence-corrected chi connectivity index (χ0v) is 11.9. The molecule has 1 atom stereocenters. The van der Waals surface area contributed by atoms with Gasteiger partial charge in [0.05, 0.1) is 0 Å². The smallest absolute Gasteiger partial charge is 0.238 e. The van der Waals surface area contributed by atoms with Gasteiger partial charge < -0.3 is 11.1 Å². The van der Waals surface area contributed by atoms with Gasteiger partial charge >= 0.3 is 0 Å². The number of amides is 1. The summed E-state index contributed by atoms with van der Waals surface area (Å²) in [5, 5.41) is 4.05. The highest BCUT2D eigenvalue weighted by atomic mass is 32.2. The highest BCUT2D eigenvalue weighted by molar-refractivity contribution is 7.99. The van der Waals surface area contributed by atoms with Crippen molar-refractivity contribution < 1.29 is 4.79 Å². The van der Waals surface area contributed by atoms with Crippen LogP contribution in [0.1, 0.15) is 26.2 Å². The summed E-state index contributed by atoms with van der Waals surface area (Å²) in [5.41, 5.74) is 5.05. The van der Waals surface area contributed by atoms with Gasteiger partial charge in [0.15, 0.2) is 5.16 Å². The summed E-state index contributed by atoms with van der Waals surface area (Å²) in [6, 6.07) is 1.78. The van der Waals surface area contributed by atoms with Gasteiger partial charge in [-0.2, -0.15) is 0 Å². The monoisotopic (exact) mass is 280 g/mol. The minimum atomic E-state index is -0.611. The van der Waals surface area contributed by atoms with E-state index in [4.69, 9.17) is 5.73 Å². The van der Waals surface area contributed by atoms with E-state index < -0.39 is 5.54 Å². The Bertz CT molecular complexity index is 424. The van der Waals surface area contributed by atoms with E-state index in [2.05, 4.69) is 22.2 Å². The van der Waals surface area contributed by atoms with E-state index in [0.29, 0.717) is 16.8 Å². The molecule has 1 aromatic heterocycles. The van der Waals surface area contributed by atoms with Crippen LogP contribution < -0.4 is 11.1 Å².